The molecule has 0 aromatic rings. The second kappa shape index (κ2) is 8.50. The van der Waals surface area contributed by atoms with E-state index < -0.39 is 11.0 Å². The highest BCUT2D eigenvalue weighted by Gasteiger charge is 2.75. The molecule has 4 aliphatic rings. The van der Waals surface area contributed by atoms with E-state index in [1.165, 1.54) is 5.57 Å². The topological polar surface area (TPSA) is 70.1 Å². The van der Waals surface area contributed by atoms with Crippen molar-refractivity contribution in [2.75, 3.05) is 6.61 Å². The minimum Gasteiger partial charge on any atom is -0.396 e. The molecule has 32 heavy (non-hydrogen) atoms. The maximum Gasteiger partial charge on any atom is 0.145 e. The number of carbonyl (C=O) groups is 1. The highest BCUT2D eigenvalue weighted by atomic mass is 16.6. The third-order valence-corrected chi connectivity index (χ3v) is 10.7. The number of carbonyl (C=O) groups excluding carboxylic acids is 1. The van der Waals surface area contributed by atoms with Gasteiger partial charge in [0.2, 0.25) is 0 Å². The molecule has 0 radical (unpaired) electrons. The van der Waals surface area contributed by atoms with Crippen LogP contribution in [0.5, 0.6) is 0 Å². The molecule has 9 atom stereocenters. The lowest BCUT2D eigenvalue weighted by atomic mass is 9.52. The van der Waals surface area contributed by atoms with Crippen molar-refractivity contribution in [1.82, 2.24) is 0 Å². The van der Waals surface area contributed by atoms with Gasteiger partial charge in [-0.3, -0.25) is 4.79 Å². The van der Waals surface area contributed by atoms with Gasteiger partial charge in [-0.25, -0.2) is 0 Å². The lowest BCUT2D eigenvalue weighted by Crippen LogP contribution is -2.57. The van der Waals surface area contributed by atoms with E-state index in [1.54, 1.807) is 0 Å². The molecule has 0 amide bonds. The number of rotatable bonds is 8. The molecule has 0 bridgehead atoms. The van der Waals surface area contributed by atoms with Crippen molar-refractivity contribution < 1.29 is 19.7 Å². The molecule has 1 saturated heterocycles. The Bertz CT molecular complexity index is 746. The Morgan fingerprint density at radius 2 is 1.94 bits per heavy atom. The average molecular weight is 447 g/mol. The second-order valence-electron chi connectivity index (χ2n) is 12.5. The molecule has 0 aromatic carbocycles. The molecule has 0 aromatic heterocycles. The normalized spacial score (nSPS) is 46.6. The fraction of sp³-hybridized carbons (Fsp3) is 0.893. The Morgan fingerprint density at radius 3 is 2.59 bits per heavy atom. The van der Waals surface area contributed by atoms with Crippen LogP contribution in [0.2, 0.25) is 0 Å². The van der Waals surface area contributed by atoms with Gasteiger partial charge < -0.3 is 14.9 Å². The van der Waals surface area contributed by atoms with Crippen molar-refractivity contribution in [2.45, 2.75) is 110 Å². The van der Waals surface area contributed by atoms with E-state index in [1.807, 2.05) is 0 Å². The van der Waals surface area contributed by atoms with E-state index >= 15 is 0 Å². The molecule has 1 heterocycles. The summed E-state index contributed by atoms with van der Waals surface area (Å²) in [5, 5.41) is 20.3. The summed E-state index contributed by atoms with van der Waals surface area (Å²) in [4.78, 5) is 14.0. The SMILES string of the molecule is C=C(CC[C@@H](C)[C@H]1CC[C@@H]([C@@H]2C[C@H]3O[C@]34C[C@@H](O)CC[C@]4(C)C2=O)[C@]1(C)CCO)C(C)C. The largest absolute Gasteiger partial charge is 0.396 e. The summed E-state index contributed by atoms with van der Waals surface area (Å²) in [5.74, 6) is 2.33. The summed E-state index contributed by atoms with van der Waals surface area (Å²) in [6.07, 6.45) is 7.83. The molecule has 3 aliphatic carbocycles. The monoisotopic (exact) mass is 446 g/mol. The highest BCUT2D eigenvalue weighted by Crippen LogP contribution is 2.68. The smallest absolute Gasteiger partial charge is 0.145 e. The number of ether oxygens (including phenoxy) is 1. The summed E-state index contributed by atoms with van der Waals surface area (Å²) in [6.45, 7) is 15.7. The van der Waals surface area contributed by atoms with Gasteiger partial charge in [0, 0.05) is 18.9 Å². The van der Waals surface area contributed by atoms with Crippen LogP contribution < -0.4 is 0 Å². The zero-order valence-corrected chi connectivity index (χ0v) is 21.0. The molecule has 0 unspecified atom stereocenters. The zero-order valence-electron chi connectivity index (χ0n) is 21.0. The van der Waals surface area contributed by atoms with Gasteiger partial charge >= 0.3 is 0 Å². The first-order valence-corrected chi connectivity index (χ1v) is 13.2. The molecule has 4 rings (SSSR count). The Morgan fingerprint density at radius 1 is 1.22 bits per heavy atom. The van der Waals surface area contributed by atoms with Crippen molar-refractivity contribution in [2.24, 2.45) is 40.4 Å². The van der Waals surface area contributed by atoms with Crippen LogP contribution in [0.3, 0.4) is 0 Å². The summed E-state index contributed by atoms with van der Waals surface area (Å²) in [5.41, 5.74) is 0.437. The fourth-order valence-electron chi connectivity index (χ4n) is 8.30. The van der Waals surface area contributed by atoms with Gasteiger partial charge in [-0.15, -0.1) is 0 Å². The Hall–Kier alpha value is -0.710. The van der Waals surface area contributed by atoms with Crippen LogP contribution in [-0.2, 0) is 9.53 Å². The fourth-order valence-corrected chi connectivity index (χ4v) is 8.30. The predicted octanol–water partition coefficient (Wildman–Crippen LogP) is 5.31. The zero-order chi connectivity index (χ0) is 23.5. The molecule has 4 fully saturated rings. The molecule has 1 aliphatic heterocycles. The van der Waals surface area contributed by atoms with Gasteiger partial charge in [-0.2, -0.15) is 0 Å². The van der Waals surface area contributed by atoms with Gasteiger partial charge in [0.05, 0.1) is 17.6 Å². The Kier molecular flexibility index (Phi) is 6.49. The van der Waals surface area contributed by atoms with E-state index in [0.29, 0.717) is 42.3 Å². The molecular weight excluding hydrogens is 400 g/mol. The predicted molar refractivity (Wildman–Crippen MR) is 127 cm³/mol. The van der Waals surface area contributed by atoms with Crippen LogP contribution in [-0.4, -0.2) is 40.4 Å². The second-order valence-corrected chi connectivity index (χ2v) is 12.5. The van der Waals surface area contributed by atoms with E-state index in [-0.39, 0.29) is 30.1 Å². The van der Waals surface area contributed by atoms with Gasteiger partial charge in [-0.1, -0.05) is 39.8 Å². The first kappa shape index (κ1) is 24.4. The molecule has 182 valence electrons. The first-order chi connectivity index (χ1) is 15.0. The maximum atomic E-state index is 14.0. The number of aliphatic hydroxyl groups excluding tert-OH is 2. The standard InChI is InChI=1S/C28H46O4/c1-17(2)18(3)7-8-19(4)22-9-10-23(26(22,5)13-14-29)21-15-24-28(32-24)16-20(30)11-12-27(28,6)25(21)31/h17,19-24,29-30H,3,7-16H2,1-2,4-6H3/t19-,20+,21+,22-,23+,24-,26-,27-,28-/m1/s1. The van der Waals surface area contributed by atoms with Gasteiger partial charge in [-0.05, 0) is 87.4 Å². The van der Waals surface area contributed by atoms with Crippen LogP contribution in [0.1, 0.15) is 92.4 Å². The Balaban J connectivity index is 1.53. The minimum absolute atomic E-state index is 0.0207. The number of ketones is 1. The maximum absolute atomic E-state index is 14.0. The van der Waals surface area contributed by atoms with E-state index in [0.717, 1.165) is 44.9 Å². The number of Topliss-reactive ketones (excluding diaryl/α,β-unsaturated/α-hetero) is 1. The highest BCUT2D eigenvalue weighted by molar-refractivity contribution is 5.90. The molecule has 2 N–H and O–H groups in total. The van der Waals surface area contributed by atoms with Crippen LogP contribution in [0.4, 0.5) is 0 Å². The lowest BCUT2D eigenvalue weighted by Gasteiger charge is -2.49. The molecule has 4 heteroatoms. The van der Waals surface area contributed by atoms with Gasteiger partial charge in [0.25, 0.3) is 0 Å². The summed E-state index contributed by atoms with van der Waals surface area (Å²) in [6, 6.07) is 0. The van der Waals surface area contributed by atoms with Crippen molar-refractivity contribution >= 4 is 5.78 Å². The van der Waals surface area contributed by atoms with Crippen molar-refractivity contribution in [3.63, 3.8) is 0 Å². The molecule has 3 saturated carbocycles. The molecule has 4 nitrogen and oxygen atoms in total. The van der Waals surface area contributed by atoms with Gasteiger partial charge in [0.15, 0.2) is 0 Å². The summed E-state index contributed by atoms with van der Waals surface area (Å²) in [7, 11) is 0. The number of aliphatic hydroxyl groups is 2. The third kappa shape index (κ3) is 3.64. The number of hydrogen-bond donors (Lipinski definition) is 2. The van der Waals surface area contributed by atoms with Gasteiger partial charge in [0.1, 0.15) is 11.4 Å². The van der Waals surface area contributed by atoms with Crippen molar-refractivity contribution in [3.05, 3.63) is 12.2 Å². The van der Waals surface area contributed by atoms with Crippen LogP contribution in [0.15, 0.2) is 12.2 Å². The molecule has 1 spiro atoms. The summed E-state index contributed by atoms with van der Waals surface area (Å²) < 4.78 is 6.25. The summed E-state index contributed by atoms with van der Waals surface area (Å²) >= 11 is 0. The Labute approximate surface area is 195 Å². The van der Waals surface area contributed by atoms with E-state index in [4.69, 9.17) is 4.74 Å². The van der Waals surface area contributed by atoms with Crippen LogP contribution >= 0.6 is 0 Å². The van der Waals surface area contributed by atoms with Crippen molar-refractivity contribution in [3.8, 4) is 0 Å². The number of allylic oxidation sites excluding steroid dienone is 1. The molecular formula is C28H46O4. The first-order valence-electron chi connectivity index (χ1n) is 13.2. The van der Waals surface area contributed by atoms with Crippen LogP contribution in [0, 0.1) is 40.4 Å². The van der Waals surface area contributed by atoms with E-state index in [9.17, 15) is 15.0 Å². The minimum atomic E-state index is -0.460. The third-order valence-electron chi connectivity index (χ3n) is 10.7. The van der Waals surface area contributed by atoms with E-state index in [2.05, 4.69) is 41.2 Å². The van der Waals surface area contributed by atoms with Crippen molar-refractivity contribution in [1.29, 1.82) is 0 Å². The quantitative estimate of drug-likeness (QED) is 0.392. The average Bonchev–Trinajstić information content (AvgIpc) is 3.33. The van der Waals surface area contributed by atoms with Crippen LogP contribution in [0.25, 0.3) is 0 Å². The number of hydrogen-bond acceptors (Lipinski definition) is 4. The number of epoxide rings is 1. The lowest BCUT2D eigenvalue weighted by molar-refractivity contribution is -0.147.